The summed E-state index contributed by atoms with van der Waals surface area (Å²) in [4.78, 5) is 16.8. The molecule has 134 valence electrons. The van der Waals surface area contributed by atoms with E-state index in [0.29, 0.717) is 23.8 Å². The van der Waals surface area contributed by atoms with Gasteiger partial charge in [0.25, 0.3) is 0 Å². The van der Waals surface area contributed by atoms with Gasteiger partial charge in [0.05, 0.1) is 5.69 Å². The van der Waals surface area contributed by atoms with E-state index in [0.717, 1.165) is 29.9 Å². The fraction of sp³-hybridized carbons (Fsp3) is 0.579. The van der Waals surface area contributed by atoms with Crippen molar-refractivity contribution in [2.45, 2.75) is 53.0 Å². The van der Waals surface area contributed by atoms with Gasteiger partial charge >= 0.3 is 0 Å². The zero-order chi connectivity index (χ0) is 18.1. The maximum Gasteiger partial charge on any atom is 0.220 e. The third kappa shape index (κ3) is 7.02. The Bertz CT molecular complexity index is 572. The zero-order valence-electron chi connectivity index (χ0n) is 15.4. The number of benzene rings is 1. The van der Waals surface area contributed by atoms with Gasteiger partial charge in [-0.25, -0.2) is 0 Å². The highest BCUT2D eigenvalue weighted by Crippen LogP contribution is 2.22. The highest BCUT2D eigenvalue weighted by molar-refractivity contribution is 6.30. The van der Waals surface area contributed by atoms with Crippen LogP contribution in [0.15, 0.2) is 23.2 Å². The molecule has 0 aliphatic carbocycles. The van der Waals surface area contributed by atoms with E-state index >= 15 is 0 Å². The minimum absolute atomic E-state index is 0.0814. The lowest BCUT2D eigenvalue weighted by molar-refractivity contribution is -0.122. The van der Waals surface area contributed by atoms with Gasteiger partial charge in [-0.2, -0.15) is 0 Å². The van der Waals surface area contributed by atoms with Crippen LogP contribution in [0.5, 0.6) is 0 Å². The first-order chi connectivity index (χ1) is 11.4. The summed E-state index contributed by atoms with van der Waals surface area (Å²) in [6.07, 6.45) is 2.16. The van der Waals surface area contributed by atoms with Crippen molar-refractivity contribution in [1.82, 2.24) is 10.6 Å². The van der Waals surface area contributed by atoms with Gasteiger partial charge in [-0.3, -0.25) is 9.79 Å². The molecule has 2 atom stereocenters. The minimum Gasteiger partial charge on any atom is -0.352 e. The monoisotopic (exact) mass is 351 g/mol. The molecule has 0 aliphatic rings. The highest BCUT2D eigenvalue weighted by Gasteiger charge is 2.17. The third-order valence-electron chi connectivity index (χ3n) is 4.29. The second kappa shape index (κ2) is 10.5. The molecule has 5 heteroatoms. The van der Waals surface area contributed by atoms with Gasteiger partial charge in [-0.05, 0) is 57.0 Å². The van der Waals surface area contributed by atoms with Crippen LogP contribution in [0.3, 0.4) is 0 Å². The van der Waals surface area contributed by atoms with Gasteiger partial charge in [0.2, 0.25) is 5.91 Å². The van der Waals surface area contributed by atoms with Crippen LogP contribution in [0.2, 0.25) is 5.02 Å². The molecule has 0 aliphatic heterocycles. The molecule has 0 bridgehead atoms. The number of aliphatic imine (C=N–C) groups is 1. The second-order valence-electron chi connectivity index (χ2n) is 6.40. The van der Waals surface area contributed by atoms with E-state index in [-0.39, 0.29) is 11.9 Å². The Morgan fingerprint density at radius 3 is 2.62 bits per heavy atom. The summed E-state index contributed by atoms with van der Waals surface area (Å²) in [7, 11) is 1.91. The maximum atomic E-state index is 12.2. The van der Waals surface area contributed by atoms with Crippen LogP contribution in [-0.4, -0.2) is 31.3 Å². The molecule has 1 aromatic carbocycles. The maximum absolute atomic E-state index is 12.2. The number of hydrogen-bond donors (Lipinski definition) is 2. The van der Waals surface area contributed by atoms with Gasteiger partial charge in [-0.15, -0.1) is 0 Å². The molecule has 0 fully saturated rings. The fourth-order valence-corrected chi connectivity index (χ4v) is 2.70. The van der Waals surface area contributed by atoms with Crippen LogP contribution in [0, 0.1) is 12.8 Å². The summed E-state index contributed by atoms with van der Waals surface area (Å²) >= 11 is 5.96. The van der Waals surface area contributed by atoms with Crippen LogP contribution in [0.1, 0.15) is 45.6 Å². The summed E-state index contributed by atoms with van der Waals surface area (Å²) in [5.74, 6) is 0.533. The Hall–Kier alpha value is -1.39. The molecule has 0 radical (unpaired) electrons. The van der Waals surface area contributed by atoms with Gasteiger partial charge < -0.3 is 10.6 Å². The quantitative estimate of drug-likeness (QED) is 0.653. The number of carbonyl (C=O) groups is 1. The standard InChI is InChI=1S/C19H30ClN3O/c1-6-13(2)18(12-21-5)23-19(24)10-7-15(4)22-17-9-8-16(20)11-14(17)3/h8-9,11,13,18,21H,6-7,10,12H2,1-5H3,(H,23,24)/b22-15+. The van der Waals surface area contributed by atoms with Crippen molar-refractivity contribution in [3.05, 3.63) is 28.8 Å². The van der Waals surface area contributed by atoms with Crippen molar-refractivity contribution < 1.29 is 4.79 Å². The molecule has 1 aromatic rings. The van der Waals surface area contributed by atoms with Gasteiger partial charge in [0.15, 0.2) is 0 Å². The molecule has 0 saturated carbocycles. The normalized spacial score (nSPS) is 14.3. The summed E-state index contributed by atoms with van der Waals surface area (Å²) in [6, 6.07) is 5.81. The second-order valence-corrected chi connectivity index (χ2v) is 6.83. The molecular formula is C19H30ClN3O. The Morgan fingerprint density at radius 1 is 1.33 bits per heavy atom. The number of nitrogens with zero attached hydrogens (tertiary/aromatic N) is 1. The average molecular weight is 352 g/mol. The number of nitrogens with one attached hydrogen (secondary N) is 2. The van der Waals surface area contributed by atoms with Crippen molar-refractivity contribution in [3.8, 4) is 0 Å². The van der Waals surface area contributed by atoms with E-state index < -0.39 is 0 Å². The number of hydrogen-bond acceptors (Lipinski definition) is 3. The SMILES string of the molecule is CCC(C)C(CNC)NC(=O)CC/C(C)=N/c1ccc(Cl)cc1C. The summed E-state index contributed by atoms with van der Waals surface area (Å²) in [5.41, 5.74) is 2.89. The van der Waals surface area contributed by atoms with E-state index in [1.807, 2.05) is 39.1 Å². The number of rotatable bonds is 9. The van der Waals surface area contributed by atoms with Gasteiger partial charge in [-0.1, -0.05) is 31.9 Å². The Morgan fingerprint density at radius 2 is 2.04 bits per heavy atom. The van der Waals surface area contributed by atoms with Crippen molar-refractivity contribution >= 4 is 28.9 Å². The Labute approximate surface area is 151 Å². The molecule has 0 saturated heterocycles. The van der Waals surface area contributed by atoms with Crippen LogP contribution in [-0.2, 0) is 4.79 Å². The number of carbonyl (C=O) groups excluding carboxylic acids is 1. The molecule has 1 rings (SSSR count). The first-order valence-corrected chi connectivity index (χ1v) is 8.99. The topological polar surface area (TPSA) is 53.5 Å². The average Bonchev–Trinajstić information content (AvgIpc) is 2.54. The first kappa shape index (κ1) is 20.7. The lowest BCUT2D eigenvalue weighted by Crippen LogP contribution is -2.45. The number of aryl methyl sites for hydroxylation is 1. The molecule has 0 aromatic heterocycles. The molecule has 4 nitrogen and oxygen atoms in total. The Kier molecular flexibility index (Phi) is 9.01. The predicted octanol–water partition coefficient (Wildman–Crippen LogP) is 4.27. The van der Waals surface area contributed by atoms with Gasteiger partial charge in [0, 0.05) is 29.7 Å². The van der Waals surface area contributed by atoms with Gasteiger partial charge in [0.1, 0.15) is 0 Å². The lowest BCUT2D eigenvalue weighted by Gasteiger charge is -2.24. The molecule has 1 amide bonds. The zero-order valence-corrected chi connectivity index (χ0v) is 16.2. The molecule has 0 spiro atoms. The summed E-state index contributed by atoms with van der Waals surface area (Å²) in [6.45, 7) is 9.04. The fourth-order valence-electron chi connectivity index (χ4n) is 2.48. The van der Waals surface area contributed by atoms with E-state index in [1.54, 1.807) is 0 Å². The molecule has 2 unspecified atom stereocenters. The summed E-state index contributed by atoms with van der Waals surface area (Å²) in [5, 5.41) is 6.99. The van der Waals surface area contributed by atoms with Crippen molar-refractivity contribution in [2.24, 2.45) is 10.9 Å². The largest absolute Gasteiger partial charge is 0.352 e. The predicted molar refractivity (Wildman–Crippen MR) is 104 cm³/mol. The van der Waals surface area contributed by atoms with Crippen LogP contribution in [0.4, 0.5) is 5.69 Å². The van der Waals surface area contributed by atoms with Crippen molar-refractivity contribution in [3.63, 3.8) is 0 Å². The molecule has 24 heavy (non-hydrogen) atoms. The van der Waals surface area contributed by atoms with Crippen LogP contribution >= 0.6 is 11.6 Å². The van der Waals surface area contributed by atoms with Crippen molar-refractivity contribution in [1.29, 1.82) is 0 Å². The lowest BCUT2D eigenvalue weighted by atomic mass is 9.99. The molecule has 2 N–H and O–H groups in total. The molecular weight excluding hydrogens is 322 g/mol. The number of halogens is 1. The highest BCUT2D eigenvalue weighted by atomic mass is 35.5. The molecule has 0 heterocycles. The summed E-state index contributed by atoms with van der Waals surface area (Å²) < 4.78 is 0. The number of likely N-dealkylation sites (N-methyl/N-ethyl adjacent to an activating group) is 1. The number of amides is 1. The van der Waals surface area contributed by atoms with E-state index in [4.69, 9.17) is 11.6 Å². The van der Waals surface area contributed by atoms with Crippen LogP contribution < -0.4 is 10.6 Å². The van der Waals surface area contributed by atoms with E-state index in [1.165, 1.54) is 0 Å². The van der Waals surface area contributed by atoms with Crippen LogP contribution in [0.25, 0.3) is 0 Å². The van der Waals surface area contributed by atoms with E-state index in [2.05, 4.69) is 29.5 Å². The third-order valence-corrected chi connectivity index (χ3v) is 4.52. The first-order valence-electron chi connectivity index (χ1n) is 8.61. The smallest absolute Gasteiger partial charge is 0.220 e. The Balaban J connectivity index is 2.57. The van der Waals surface area contributed by atoms with Crippen molar-refractivity contribution in [2.75, 3.05) is 13.6 Å². The van der Waals surface area contributed by atoms with E-state index in [9.17, 15) is 4.79 Å². The minimum atomic E-state index is 0.0814.